The van der Waals surface area contributed by atoms with E-state index in [4.69, 9.17) is 4.74 Å². The predicted octanol–water partition coefficient (Wildman–Crippen LogP) is 4.67. The van der Waals surface area contributed by atoms with E-state index >= 15 is 0 Å². The molecule has 0 saturated heterocycles. The number of hydrogen-bond acceptors (Lipinski definition) is 6. The Morgan fingerprint density at radius 3 is 2.03 bits per heavy atom. The van der Waals surface area contributed by atoms with Crippen molar-refractivity contribution in [1.82, 2.24) is 5.32 Å². The molecule has 3 aromatic rings. The molecule has 0 atom stereocenters. The van der Waals surface area contributed by atoms with E-state index in [0.29, 0.717) is 39.3 Å². The van der Waals surface area contributed by atoms with Crippen LogP contribution in [0.2, 0.25) is 0 Å². The van der Waals surface area contributed by atoms with Crippen LogP contribution in [0.5, 0.6) is 0 Å². The fourth-order valence-electron chi connectivity index (χ4n) is 3.71. The van der Waals surface area contributed by atoms with Crippen molar-refractivity contribution in [1.29, 1.82) is 0 Å². The van der Waals surface area contributed by atoms with Gasteiger partial charge in [0, 0.05) is 28.1 Å². The summed E-state index contributed by atoms with van der Waals surface area (Å²) in [6, 6.07) is 18.8. The maximum atomic E-state index is 13.1. The van der Waals surface area contributed by atoms with E-state index in [1.165, 1.54) is 0 Å². The van der Waals surface area contributed by atoms with Crippen LogP contribution in [0.25, 0.3) is 0 Å². The van der Waals surface area contributed by atoms with Gasteiger partial charge in [0.2, 0.25) is 5.91 Å². The molecular formula is C27H25N3O5. The van der Waals surface area contributed by atoms with Gasteiger partial charge in [-0.25, -0.2) is 4.79 Å². The molecule has 3 aromatic carbocycles. The molecule has 0 radical (unpaired) electrons. The standard InChI is InChI=1S/C27H25N3O5/c1-27(2,3)35-26(34)28-15-22(31)30-17-13-11-16(12-14-17)29-21-10-6-9-20-23(21)25(33)19-8-5-4-7-18(19)24(20)32/h4-14,29H,15H2,1-3H3,(H,28,34)(H,30,31). The number of anilines is 3. The number of alkyl carbamates (subject to hydrolysis) is 1. The third kappa shape index (κ3) is 5.38. The summed E-state index contributed by atoms with van der Waals surface area (Å²) in [7, 11) is 0. The second kappa shape index (κ2) is 9.42. The molecule has 1 aliphatic rings. The Morgan fingerprint density at radius 1 is 0.771 bits per heavy atom. The average Bonchev–Trinajstić information content (AvgIpc) is 2.81. The lowest BCUT2D eigenvalue weighted by atomic mass is 9.83. The zero-order valence-electron chi connectivity index (χ0n) is 19.6. The highest BCUT2D eigenvalue weighted by atomic mass is 16.6. The molecule has 0 spiro atoms. The summed E-state index contributed by atoms with van der Waals surface area (Å²) in [5, 5.41) is 8.29. The molecule has 0 aromatic heterocycles. The topological polar surface area (TPSA) is 114 Å². The Labute approximate surface area is 202 Å². The number of nitrogens with one attached hydrogen (secondary N) is 3. The van der Waals surface area contributed by atoms with Gasteiger partial charge in [-0.05, 0) is 51.1 Å². The van der Waals surface area contributed by atoms with Crippen molar-refractivity contribution in [3.8, 4) is 0 Å². The molecule has 1 aliphatic carbocycles. The number of carbonyl (C=O) groups excluding carboxylic acids is 4. The first-order chi connectivity index (χ1) is 16.6. The Balaban J connectivity index is 1.43. The number of rotatable bonds is 5. The van der Waals surface area contributed by atoms with Crippen molar-refractivity contribution in [2.24, 2.45) is 0 Å². The Morgan fingerprint density at radius 2 is 1.37 bits per heavy atom. The van der Waals surface area contributed by atoms with Gasteiger partial charge in [-0.1, -0.05) is 36.4 Å². The van der Waals surface area contributed by atoms with Crippen molar-refractivity contribution in [3.63, 3.8) is 0 Å². The molecule has 4 rings (SSSR count). The zero-order chi connectivity index (χ0) is 25.2. The molecule has 3 N–H and O–H groups in total. The second-order valence-corrected chi connectivity index (χ2v) is 9.04. The maximum Gasteiger partial charge on any atom is 0.408 e. The van der Waals surface area contributed by atoms with E-state index in [-0.39, 0.29) is 18.1 Å². The smallest absolute Gasteiger partial charge is 0.408 e. The summed E-state index contributed by atoms with van der Waals surface area (Å²) in [5.74, 6) is -0.798. The molecular weight excluding hydrogens is 446 g/mol. The third-order valence-corrected chi connectivity index (χ3v) is 5.19. The minimum atomic E-state index is -0.672. The van der Waals surface area contributed by atoms with E-state index < -0.39 is 17.6 Å². The van der Waals surface area contributed by atoms with Gasteiger partial charge < -0.3 is 20.7 Å². The molecule has 0 fully saturated rings. The van der Waals surface area contributed by atoms with E-state index in [2.05, 4.69) is 16.0 Å². The van der Waals surface area contributed by atoms with Crippen LogP contribution in [0.3, 0.4) is 0 Å². The van der Waals surface area contributed by atoms with Crippen molar-refractivity contribution >= 4 is 40.6 Å². The molecule has 8 heteroatoms. The average molecular weight is 472 g/mol. The zero-order valence-corrected chi connectivity index (χ0v) is 19.6. The minimum Gasteiger partial charge on any atom is -0.444 e. The molecule has 8 nitrogen and oxygen atoms in total. The van der Waals surface area contributed by atoms with Gasteiger partial charge >= 0.3 is 6.09 Å². The molecule has 0 unspecified atom stereocenters. The van der Waals surface area contributed by atoms with Gasteiger partial charge in [-0.3, -0.25) is 14.4 Å². The van der Waals surface area contributed by atoms with Crippen LogP contribution < -0.4 is 16.0 Å². The van der Waals surface area contributed by atoms with E-state index in [1.807, 2.05) is 0 Å². The van der Waals surface area contributed by atoms with Gasteiger partial charge in [-0.2, -0.15) is 0 Å². The van der Waals surface area contributed by atoms with Crippen LogP contribution in [-0.4, -0.2) is 35.7 Å². The summed E-state index contributed by atoms with van der Waals surface area (Å²) >= 11 is 0. The van der Waals surface area contributed by atoms with Crippen LogP contribution in [-0.2, 0) is 9.53 Å². The lowest BCUT2D eigenvalue weighted by Crippen LogP contribution is -2.37. The fraction of sp³-hybridized carbons (Fsp3) is 0.185. The number of hydrogen-bond donors (Lipinski definition) is 3. The monoisotopic (exact) mass is 471 g/mol. The highest BCUT2D eigenvalue weighted by Gasteiger charge is 2.31. The van der Waals surface area contributed by atoms with Crippen LogP contribution in [0.15, 0.2) is 66.7 Å². The fourth-order valence-corrected chi connectivity index (χ4v) is 3.71. The molecule has 2 amide bonds. The van der Waals surface area contributed by atoms with Crippen molar-refractivity contribution in [3.05, 3.63) is 89.0 Å². The quantitative estimate of drug-likeness (QED) is 0.390. The third-order valence-electron chi connectivity index (χ3n) is 5.19. The molecule has 35 heavy (non-hydrogen) atoms. The molecule has 0 heterocycles. The van der Waals surface area contributed by atoms with Crippen LogP contribution in [0.4, 0.5) is 21.9 Å². The number of benzene rings is 3. The van der Waals surface area contributed by atoms with Crippen molar-refractivity contribution < 1.29 is 23.9 Å². The highest BCUT2D eigenvalue weighted by molar-refractivity contribution is 6.30. The summed E-state index contributed by atoms with van der Waals surface area (Å²) in [6.07, 6.45) is -0.672. The molecule has 0 aliphatic heterocycles. The van der Waals surface area contributed by atoms with Crippen molar-refractivity contribution in [2.45, 2.75) is 26.4 Å². The lowest BCUT2D eigenvalue weighted by molar-refractivity contribution is -0.115. The number of amides is 2. The number of ketones is 2. The normalized spacial score (nSPS) is 12.3. The number of fused-ring (bicyclic) bond motifs is 2. The summed E-state index contributed by atoms with van der Waals surface area (Å²) in [5.41, 5.74) is 2.56. The SMILES string of the molecule is CC(C)(C)OC(=O)NCC(=O)Nc1ccc(Nc2cccc3c2C(=O)c2ccccc2C3=O)cc1. The summed E-state index contributed by atoms with van der Waals surface area (Å²) in [6.45, 7) is 4.98. The minimum absolute atomic E-state index is 0.183. The number of ether oxygens (including phenoxy) is 1. The first-order valence-corrected chi connectivity index (χ1v) is 11.1. The van der Waals surface area contributed by atoms with Crippen molar-refractivity contribution in [2.75, 3.05) is 17.2 Å². The van der Waals surface area contributed by atoms with Gasteiger partial charge in [-0.15, -0.1) is 0 Å². The molecule has 178 valence electrons. The highest BCUT2D eigenvalue weighted by Crippen LogP contribution is 2.33. The van der Waals surface area contributed by atoms with Gasteiger partial charge in [0.25, 0.3) is 0 Å². The summed E-state index contributed by atoms with van der Waals surface area (Å²) in [4.78, 5) is 49.9. The first kappa shape index (κ1) is 23.7. The van der Waals surface area contributed by atoms with E-state index in [9.17, 15) is 19.2 Å². The Bertz CT molecular complexity index is 1320. The number of carbonyl (C=O) groups is 4. The first-order valence-electron chi connectivity index (χ1n) is 11.1. The van der Waals surface area contributed by atoms with Gasteiger partial charge in [0.1, 0.15) is 12.1 Å². The largest absolute Gasteiger partial charge is 0.444 e. The van der Waals surface area contributed by atoms with Crippen LogP contribution >= 0.6 is 0 Å². The molecule has 0 saturated carbocycles. The summed E-state index contributed by atoms with van der Waals surface area (Å²) < 4.78 is 5.10. The van der Waals surface area contributed by atoms with Gasteiger partial charge in [0.05, 0.1) is 11.3 Å². The van der Waals surface area contributed by atoms with E-state index in [0.717, 1.165) is 0 Å². The predicted molar refractivity (Wildman–Crippen MR) is 132 cm³/mol. The van der Waals surface area contributed by atoms with E-state index in [1.54, 1.807) is 87.5 Å². The lowest BCUT2D eigenvalue weighted by Gasteiger charge is -2.20. The van der Waals surface area contributed by atoms with Crippen LogP contribution in [0, 0.1) is 0 Å². The Kier molecular flexibility index (Phi) is 6.38. The van der Waals surface area contributed by atoms with Crippen LogP contribution in [0.1, 0.15) is 52.6 Å². The Hall–Kier alpha value is -4.46. The maximum absolute atomic E-state index is 13.1. The molecule has 0 bridgehead atoms. The van der Waals surface area contributed by atoms with Gasteiger partial charge in [0.15, 0.2) is 11.6 Å². The second-order valence-electron chi connectivity index (χ2n) is 9.04.